The second-order valence-corrected chi connectivity index (χ2v) is 5.46. The van der Waals surface area contributed by atoms with Gasteiger partial charge < -0.3 is 20.6 Å². The summed E-state index contributed by atoms with van der Waals surface area (Å²) in [4.78, 5) is 15.3. The lowest BCUT2D eigenvalue weighted by Crippen LogP contribution is -2.64. The van der Waals surface area contributed by atoms with E-state index in [1.165, 1.54) is 0 Å². The number of amides is 2. The molecule has 0 aromatic carbocycles. The van der Waals surface area contributed by atoms with Crippen LogP contribution in [-0.2, 0) is 0 Å². The van der Waals surface area contributed by atoms with Crippen molar-refractivity contribution in [2.45, 2.75) is 31.4 Å². The summed E-state index contributed by atoms with van der Waals surface area (Å²) in [5.41, 5.74) is 5.02. The summed E-state index contributed by atoms with van der Waals surface area (Å²) in [5.74, 6) is 0. The molecule has 2 aliphatic rings. The highest BCUT2D eigenvalue weighted by molar-refractivity contribution is 5.76. The molecule has 3 N–H and O–H groups in total. The molecule has 2 fully saturated rings. The van der Waals surface area contributed by atoms with E-state index in [1.54, 1.807) is 16.7 Å². The first-order valence-corrected chi connectivity index (χ1v) is 5.34. The Hall–Kier alpha value is -0.810. The largest absolute Gasteiger partial charge is 0.386 e. The van der Waals surface area contributed by atoms with E-state index in [9.17, 15) is 9.90 Å². The van der Waals surface area contributed by atoms with Crippen molar-refractivity contribution in [2.24, 2.45) is 5.73 Å². The predicted molar refractivity (Wildman–Crippen MR) is 56.4 cm³/mol. The monoisotopic (exact) mass is 213 g/mol. The van der Waals surface area contributed by atoms with E-state index in [-0.39, 0.29) is 11.6 Å². The van der Waals surface area contributed by atoms with E-state index >= 15 is 0 Å². The Balaban J connectivity index is 1.89. The number of rotatable bonds is 0. The maximum atomic E-state index is 11.9. The lowest BCUT2D eigenvalue weighted by atomic mass is 9.98. The van der Waals surface area contributed by atoms with Crippen LogP contribution in [0.15, 0.2) is 0 Å². The van der Waals surface area contributed by atoms with Crippen LogP contribution < -0.4 is 5.73 Å². The molecular weight excluding hydrogens is 194 g/mol. The average molecular weight is 213 g/mol. The van der Waals surface area contributed by atoms with Crippen molar-refractivity contribution in [1.29, 1.82) is 0 Å². The van der Waals surface area contributed by atoms with E-state index < -0.39 is 5.60 Å². The standard InChI is InChI=1S/C10H19N3O2/c1-9(11)3-4-12(5-9)8(14)13-6-10(2,15)7-13/h15H,3-7,11H2,1-2H3/t9-/m0/s1. The molecule has 5 nitrogen and oxygen atoms in total. The smallest absolute Gasteiger partial charge is 0.320 e. The van der Waals surface area contributed by atoms with Crippen molar-refractivity contribution < 1.29 is 9.90 Å². The maximum absolute atomic E-state index is 11.9. The first-order valence-electron chi connectivity index (χ1n) is 5.34. The topological polar surface area (TPSA) is 69.8 Å². The van der Waals surface area contributed by atoms with Crippen molar-refractivity contribution in [2.75, 3.05) is 26.2 Å². The van der Waals surface area contributed by atoms with Crippen LogP contribution in [0.3, 0.4) is 0 Å². The van der Waals surface area contributed by atoms with Gasteiger partial charge in [-0.2, -0.15) is 0 Å². The van der Waals surface area contributed by atoms with Gasteiger partial charge in [0, 0.05) is 18.6 Å². The minimum atomic E-state index is -0.693. The molecule has 0 aromatic heterocycles. The number of hydrogen-bond acceptors (Lipinski definition) is 3. The summed E-state index contributed by atoms with van der Waals surface area (Å²) in [6, 6.07) is 0.00991. The molecule has 1 atom stereocenters. The number of nitrogens with two attached hydrogens (primary N) is 1. The molecule has 2 saturated heterocycles. The van der Waals surface area contributed by atoms with Crippen LogP contribution in [0, 0.1) is 0 Å². The van der Waals surface area contributed by atoms with Gasteiger partial charge in [0.05, 0.1) is 18.7 Å². The molecule has 0 aromatic rings. The highest BCUT2D eigenvalue weighted by atomic mass is 16.3. The number of carbonyl (C=O) groups is 1. The van der Waals surface area contributed by atoms with Crippen molar-refractivity contribution >= 4 is 6.03 Å². The van der Waals surface area contributed by atoms with Gasteiger partial charge >= 0.3 is 6.03 Å². The molecule has 0 radical (unpaired) electrons. The summed E-state index contributed by atoms with van der Waals surface area (Å²) in [5, 5.41) is 9.54. The highest BCUT2D eigenvalue weighted by Crippen LogP contribution is 2.25. The van der Waals surface area contributed by atoms with Crippen LogP contribution in [0.5, 0.6) is 0 Å². The fraction of sp³-hybridized carbons (Fsp3) is 0.900. The van der Waals surface area contributed by atoms with Gasteiger partial charge in [0.1, 0.15) is 0 Å². The molecule has 0 saturated carbocycles. The zero-order valence-corrected chi connectivity index (χ0v) is 9.36. The molecule has 86 valence electrons. The number of β-amino-alcohol motifs (C(OH)–C–C–N with tert-alkyl or cyclic N) is 1. The summed E-state index contributed by atoms with van der Waals surface area (Å²) < 4.78 is 0. The van der Waals surface area contributed by atoms with Crippen LogP contribution in [0.4, 0.5) is 4.79 Å². The number of hydrogen-bond donors (Lipinski definition) is 2. The van der Waals surface area contributed by atoms with Crippen LogP contribution in [0.2, 0.25) is 0 Å². The molecule has 5 heteroatoms. The van der Waals surface area contributed by atoms with E-state index in [0.717, 1.165) is 13.0 Å². The Morgan fingerprint density at radius 2 is 1.87 bits per heavy atom. The minimum Gasteiger partial charge on any atom is -0.386 e. The van der Waals surface area contributed by atoms with E-state index in [4.69, 9.17) is 5.73 Å². The summed E-state index contributed by atoms with van der Waals surface area (Å²) in [6.45, 7) is 5.92. The molecule has 0 spiro atoms. The van der Waals surface area contributed by atoms with Crippen molar-refractivity contribution in [1.82, 2.24) is 9.80 Å². The van der Waals surface area contributed by atoms with E-state index in [2.05, 4.69) is 0 Å². The normalized spacial score (nSPS) is 34.1. The quantitative estimate of drug-likeness (QED) is 0.575. The molecule has 2 amide bonds. The second kappa shape index (κ2) is 3.09. The maximum Gasteiger partial charge on any atom is 0.320 e. The molecule has 15 heavy (non-hydrogen) atoms. The minimum absolute atomic E-state index is 0.00991. The van der Waals surface area contributed by atoms with Crippen molar-refractivity contribution in [3.05, 3.63) is 0 Å². The summed E-state index contributed by atoms with van der Waals surface area (Å²) >= 11 is 0. The zero-order chi connectivity index (χ0) is 11.3. The Morgan fingerprint density at radius 3 is 2.27 bits per heavy atom. The average Bonchev–Trinajstić information content (AvgIpc) is 2.40. The zero-order valence-electron chi connectivity index (χ0n) is 9.36. The number of urea groups is 1. The van der Waals surface area contributed by atoms with Crippen molar-refractivity contribution in [3.63, 3.8) is 0 Å². The lowest BCUT2D eigenvalue weighted by Gasteiger charge is -2.45. The first kappa shape index (κ1) is 10.7. The van der Waals surface area contributed by atoms with E-state index in [0.29, 0.717) is 19.6 Å². The third-order valence-corrected chi connectivity index (χ3v) is 3.11. The number of aliphatic hydroxyl groups is 1. The molecule has 0 aliphatic carbocycles. The number of likely N-dealkylation sites (tertiary alicyclic amines) is 2. The predicted octanol–water partition coefficient (Wildman–Crippen LogP) is -0.404. The number of carbonyl (C=O) groups excluding carboxylic acids is 1. The Bertz CT molecular complexity index is 280. The molecular formula is C10H19N3O2. The fourth-order valence-corrected chi connectivity index (χ4v) is 2.26. The summed E-state index contributed by atoms with van der Waals surface area (Å²) in [7, 11) is 0. The lowest BCUT2D eigenvalue weighted by molar-refractivity contribution is -0.0658. The van der Waals surface area contributed by atoms with E-state index in [1.807, 2.05) is 6.92 Å². The van der Waals surface area contributed by atoms with Gasteiger partial charge in [-0.3, -0.25) is 0 Å². The van der Waals surface area contributed by atoms with Gasteiger partial charge in [-0.1, -0.05) is 0 Å². The third kappa shape index (κ3) is 2.08. The van der Waals surface area contributed by atoms with Gasteiger partial charge in [-0.25, -0.2) is 4.79 Å². The Labute approximate surface area is 89.8 Å². The Morgan fingerprint density at radius 1 is 1.27 bits per heavy atom. The van der Waals surface area contributed by atoms with Crippen LogP contribution in [0.1, 0.15) is 20.3 Å². The fourth-order valence-electron chi connectivity index (χ4n) is 2.26. The highest BCUT2D eigenvalue weighted by Gasteiger charge is 2.43. The van der Waals surface area contributed by atoms with Gasteiger partial charge in [0.25, 0.3) is 0 Å². The van der Waals surface area contributed by atoms with Crippen LogP contribution in [-0.4, -0.2) is 58.3 Å². The SMILES string of the molecule is CC1(O)CN(C(=O)N2CC[C@](C)(N)C2)C1. The molecule has 0 unspecified atom stereocenters. The van der Waals surface area contributed by atoms with Crippen LogP contribution in [0.25, 0.3) is 0 Å². The molecule has 0 bridgehead atoms. The first-order chi connectivity index (χ1) is 6.79. The Kier molecular flexibility index (Phi) is 2.20. The van der Waals surface area contributed by atoms with Gasteiger partial charge in [-0.15, -0.1) is 0 Å². The van der Waals surface area contributed by atoms with Gasteiger partial charge in [-0.05, 0) is 20.3 Å². The summed E-state index contributed by atoms with van der Waals surface area (Å²) in [6.07, 6.45) is 0.850. The molecule has 2 aliphatic heterocycles. The van der Waals surface area contributed by atoms with Gasteiger partial charge in [0.15, 0.2) is 0 Å². The second-order valence-electron chi connectivity index (χ2n) is 5.46. The van der Waals surface area contributed by atoms with Crippen LogP contribution >= 0.6 is 0 Å². The van der Waals surface area contributed by atoms with Crippen molar-refractivity contribution in [3.8, 4) is 0 Å². The number of nitrogens with zero attached hydrogens (tertiary/aromatic N) is 2. The molecule has 2 heterocycles. The van der Waals surface area contributed by atoms with Gasteiger partial charge in [0.2, 0.25) is 0 Å². The molecule has 2 rings (SSSR count). The third-order valence-electron chi connectivity index (χ3n) is 3.11.